The highest BCUT2D eigenvalue weighted by molar-refractivity contribution is 5.80. The van der Waals surface area contributed by atoms with Crippen LogP contribution in [0.1, 0.15) is 26.2 Å². The molecule has 22 heavy (non-hydrogen) atoms. The summed E-state index contributed by atoms with van der Waals surface area (Å²) in [5.41, 5.74) is 1.26. The lowest BCUT2D eigenvalue weighted by Gasteiger charge is -2.19. The minimum Gasteiger partial charge on any atom is -0.375 e. The molecular formula is C18H28N4. The number of rotatable bonds is 7. The first kappa shape index (κ1) is 16.4. The van der Waals surface area contributed by atoms with Gasteiger partial charge in [0.25, 0.3) is 0 Å². The van der Waals surface area contributed by atoms with Crippen molar-refractivity contribution >= 4 is 11.6 Å². The van der Waals surface area contributed by atoms with Gasteiger partial charge in [0, 0.05) is 38.4 Å². The summed E-state index contributed by atoms with van der Waals surface area (Å²) in [7, 11) is 2.13. The fourth-order valence-electron chi connectivity index (χ4n) is 2.56. The highest BCUT2D eigenvalue weighted by Gasteiger charge is 2.11. The van der Waals surface area contributed by atoms with Crippen LogP contribution in [-0.2, 0) is 0 Å². The number of aliphatic imine (C=N–C) groups is 1. The maximum atomic E-state index is 4.68. The molecule has 2 rings (SSSR count). The van der Waals surface area contributed by atoms with Crippen LogP contribution in [0.3, 0.4) is 0 Å². The molecule has 1 aromatic rings. The summed E-state index contributed by atoms with van der Waals surface area (Å²) >= 11 is 0. The number of benzene rings is 1. The summed E-state index contributed by atoms with van der Waals surface area (Å²) in [6.07, 6.45) is 7.71. The Morgan fingerprint density at radius 2 is 1.95 bits per heavy atom. The van der Waals surface area contributed by atoms with Crippen molar-refractivity contribution in [3.8, 4) is 0 Å². The first-order valence-corrected chi connectivity index (χ1v) is 8.25. The molecule has 0 bridgehead atoms. The predicted molar refractivity (Wildman–Crippen MR) is 95.6 cm³/mol. The van der Waals surface area contributed by atoms with Crippen molar-refractivity contribution in [1.29, 1.82) is 0 Å². The zero-order valence-corrected chi connectivity index (χ0v) is 13.8. The predicted octanol–water partition coefficient (Wildman–Crippen LogP) is 2.79. The highest BCUT2D eigenvalue weighted by Crippen LogP contribution is 2.11. The molecule has 0 heterocycles. The summed E-state index contributed by atoms with van der Waals surface area (Å²) in [6.45, 7) is 4.85. The van der Waals surface area contributed by atoms with Crippen molar-refractivity contribution in [2.24, 2.45) is 4.99 Å². The molecule has 120 valence electrons. The lowest BCUT2D eigenvalue weighted by Crippen LogP contribution is -2.42. The summed E-state index contributed by atoms with van der Waals surface area (Å²) in [4.78, 5) is 6.96. The number of para-hydroxylation sites is 1. The van der Waals surface area contributed by atoms with Crippen LogP contribution in [0.2, 0.25) is 0 Å². The summed E-state index contributed by atoms with van der Waals surface area (Å²) < 4.78 is 0. The van der Waals surface area contributed by atoms with E-state index in [4.69, 9.17) is 0 Å². The van der Waals surface area contributed by atoms with Crippen molar-refractivity contribution in [2.75, 3.05) is 31.6 Å². The third-order valence-corrected chi connectivity index (χ3v) is 3.81. The molecule has 0 amide bonds. The summed E-state index contributed by atoms with van der Waals surface area (Å²) in [5, 5.41) is 6.83. The quantitative estimate of drug-likeness (QED) is 0.352. The molecule has 0 unspecified atom stereocenters. The van der Waals surface area contributed by atoms with Gasteiger partial charge < -0.3 is 15.5 Å². The van der Waals surface area contributed by atoms with Crippen molar-refractivity contribution in [2.45, 2.75) is 32.2 Å². The van der Waals surface area contributed by atoms with Crippen LogP contribution in [0.5, 0.6) is 0 Å². The Morgan fingerprint density at radius 1 is 1.23 bits per heavy atom. The van der Waals surface area contributed by atoms with Crippen LogP contribution in [0.25, 0.3) is 0 Å². The van der Waals surface area contributed by atoms with Crippen molar-refractivity contribution < 1.29 is 0 Å². The number of guanidine groups is 1. The molecule has 1 aromatic carbocycles. The average molecular weight is 300 g/mol. The second-order valence-electron chi connectivity index (χ2n) is 5.66. The maximum absolute atomic E-state index is 4.68. The van der Waals surface area contributed by atoms with Gasteiger partial charge in [-0.25, -0.2) is 0 Å². The zero-order valence-electron chi connectivity index (χ0n) is 13.8. The Morgan fingerprint density at radius 3 is 2.64 bits per heavy atom. The molecule has 1 aliphatic rings. The normalized spacial score (nSPS) is 15.1. The third-order valence-electron chi connectivity index (χ3n) is 3.81. The molecule has 0 spiro atoms. The number of hydrogen-bond donors (Lipinski definition) is 2. The van der Waals surface area contributed by atoms with Gasteiger partial charge >= 0.3 is 0 Å². The Labute approximate surface area is 134 Å². The Kier molecular flexibility index (Phi) is 6.81. The van der Waals surface area contributed by atoms with E-state index in [1.54, 1.807) is 0 Å². The largest absolute Gasteiger partial charge is 0.375 e. The van der Waals surface area contributed by atoms with Gasteiger partial charge in [0.05, 0.1) is 0 Å². The van der Waals surface area contributed by atoms with Gasteiger partial charge in [-0.05, 0) is 38.3 Å². The molecule has 4 heteroatoms. The smallest absolute Gasteiger partial charge is 0.191 e. The lowest BCUT2D eigenvalue weighted by atomic mass is 10.2. The van der Waals surface area contributed by atoms with Gasteiger partial charge in [-0.2, -0.15) is 0 Å². The molecule has 1 aliphatic carbocycles. The number of anilines is 1. The van der Waals surface area contributed by atoms with Crippen LogP contribution < -0.4 is 15.5 Å². The molecule has 0 saturated carbocycles. The Bertz CT molecular complexity index is 473. The van der Waals surface area contributed by atoms with Crippen molar-refractivity contribution in [3.05, 3.63) is 42.5 Å². The Hall–Kier alpha value is -1.97. The van der Waals surface area contributed by atoms with Gasteiger partial charge in [0.15, 0.2) is 5.96 Å². The SMILES string of the molecule is CCNC(=NCCCN(C)c1ccccc1)NC1CC=CC1. The van der Waals surface area contributed by atoms with Crippen LogP contribution in [0.15, 0.2) is 47.5 Å². The van der Waals surface area contributed by atoms with Crippen LogP contribution in [0, 0.1) is 0 Å². The topological polar surface area (TPSA) is 39.7 Å². The molecule has 0 saturated heterocycles. The number of hydrogen-bond acceptors (Lipinski definition) is 2. The second-order valence-corrected chi connectivity index (χ2v) is 5.66. The molecule has 0 radical (unpaired) electrons. The van der Waals surface area contributed by atoms with Crippen LogP contribution in [-0.4, -0.2) is 38.7 Å². The standard InChI is InChI=1S/C18H28N4/c1-3-19-18(21-16-10-7-8-11-16)20-14-9-15-22(2)17-12-5-4-6-13-17/h4-8,12-13,16H,3,9-11,14-15H2,1-2H3,(H2,19,20,21). The van der Waals surface area contributed by atoms with Gasteiger partial charge in [-0.1, -0.05) is 30.4 Å². The van der Waals surface area contributed by atoms with Gasteiger partial charge in [-0.3, -0.25) is 4.99 Å². The molecule has 2 N–H and O–H groups in total. The first-order valence-electron chi connectivity index (χ1n) is 8.25. The van der Waals surface area contributed by atoms with Gasteiger partial charge in [0.2, 0.25) is 0 Å². The minimum absolute atomic E-state index is 0.504. The summed E-state index contributed by atoms with van der Waals surface area (Å²) in [5.74, 6) is 0.943. The van der Waals surface area contributed by atoms with Crippen molar-refractivity contribution in [1.82, 2.24) is 10.6 Å². The number of nitrogens with one attached hydrogen (secondary N) is 2. The molecule has 4 nitrogen and oxygen atoms in total. The first-order chi connectivity index (χ1) is 10.8. The monoisotopic (exact) mass is 300 g/mol. The molecular weight excluding hydrogens is 272 g/mol. The van der Waals surface area contributed by atoms with E-state index in [2.05, 4.69) is 70.9 Å². The van der Waals surface area contributed by atoms with E-state index in [-0.39, 0.29) is 0 Å². The summed E-state index contributed by atoms with van der Waals surface area (Å²) in [6, 6.07) is 11.0. The maximum Gasteiger partial charge on any atom is 0.191 e. The van der Waals surface area contributed by atoms with E-state index < -0.39 is 0 Å². The Balaban J connectivity index is 1.73. The second kappa shape index (κ2) is 9.13. The van der Waals surface area contributed by atoms with E-state index in [1.165, 1.54) is 5.69 Å². The fraction of sp³-hybridized carbons (Fsp3) is 0.500. The van der Waals surface area contributed by atoms with E-state index in [0.29, 0.717) is 6.04 Å². The van der Waals surface area contributed by atoms with Gasteiger partial charge in [-0.15, -0.1) is 0 Å². The van der Waals surface area contributed by atoms with Crippen LogP contribution >= 0.6 is 0 Å². The highest BCUT2D eigenvalue weighted by atomic mass is 15.2. The van der Waals surface area contributed by atoms with E-state index in [0.717, 1.165) is 44.9 Å². The van der Waals surface area contributed by atoms with Gasteiger partial charge in [0.1, 0.15) is 0 Å². The fourth-order valence-corrected chi connectivity index (χ4v) is 2.56. The van der Waals surface area contributed by atoms with E-state index in [9.17, 15) is 0 Å². The minimum atomic E-state index is 0.504. The van der Waals surface area contributed by atoms with Crippen molar-refractivity contribution in [3.63, 3.8) is 0 Å². The zero-order chi connectivity index (χ0) is 15.6. The van der Waals surface area contributed by atoms with Crippen LogP contribution in [0.4, 0.5) is 5.69 Å². The number of nitrogens with zero attached hydrogens (tertiary/aromatic N) is 2. The third kappa shape index (κ3) is 5.43. The molecule has 0 aliphatic heterocycles. The molecule has 0 fully saturated rings. The van der Waals surface area contributed by atoms with E-state index >= 15 is 0 Å². The lowest BCUT2D eigenvalue weighted by molar-refractivity contribution is 0.632. The van der Waals surface area contributed by atoms with E-state index in [1.807, 2.05) is 6.07 Å². The average Bonchev–Trinajstić information content (AvgIpc) is 3.05. The molecule has 0 aromatic heterocycles. The molecule has 0 atom stereocenters.